The summed E-state index contributed by atoms with van der Waals surface area (Å²) in [5.41, 5.74) is 1.16. The van der Waals surface area contributed by atoms with Crippen LogP contribution in [-0.4, -0.2) is 32.1 Å². The lowest BCUT2D eigenvalue weighted by molar-refractivity contribution is -0.153. The number of amides is 1. The van der Waals surface area contributed by atoms with E-state index in [1.54, 1.807) is 17.1 Å². The monoisotopic (exact) mass is 348 g/mol. The first-order valence-corrected chi connectivity index (χ1v) is 7.64. The smallest absolute Gasteiger partial charge is 0.244 e. The molecule has 3 rings (SSSR count). The molecule has 1 atom stereocenters. The minimum absolute atomic E-state index is 0.0728. The summed E-state index contributed by atoms with van der Waals surface area (Å²) in [6, 6.07) is 4.03. The van der Waals surface area contributed by atoms with Crippen LogP contribution in [0.3, 0.4) is 0 Å². The fraction of sp³-hybridized carbons (Fsp3) is 0.400. The molecule has 6 heteroatoms. The number of pyridine rings is 1. The van der Waals surface area contributed by atoms with Crippen molar-refractivity contribution in [2.75, 3.05) is 6.54 Å². The van der Waals surface area contributed by atoms with Gasteiger partial charge in [0.1, 0.15) is 6.54 Å². The highest BCUT2D eigenvalue weighted by Gasteiger charge is 2.48. The van der Waals surface area contributed by atoms with Gasteiger partial charge in [-0.1, -0.05) is 19.9 Å². The van der Waals surface area contributed by atoms with Gasteiger partial charge in [-0.15, -0.1) is 0 Å². The number of carbonyl (C=O) groups excluding carboxylic acids is 1. The third-order valence-electron chi connectivity index (χ3n) is 3.85. The van der Waals surface area contributed by atoms with Gasteiger partial charge in [-0.05, 0) is 27.6 Å². The van der Waals surface area contributed by atoms with E-state index in [0.717, 1.165) is 16.6 Å². The second kappa shape index (κ2) is 5.26. The molecule has 0 spiro atoms. The van der Waals surface area contributed by atoms with E-state index in [1.165, 1.54) is 0 Å². The van der Waals surface area contributed by atoms with E-state index in [1.807, 2.05) is 29.4 Å². The summed E-state index contributed by atoms with van der Waals surface area (Å²) in [4.78, 5) is 18.6. The van der Waals surface area contributed by atoms with Crippen LogP contribution in [0.5, 0.6) is 0 Å². The number of halogens is 1. The van der Waals surface area contributed by atoms with Crippen molar-refractivity contribution in [2.45, 2.75) is 26.4 Å². The molecule has 110 valence electrons. The van der Waals surface area contributed by atoms with Crippen molar-refractivity contribution in [3.63, 3.8) is 0 Å². The molecule has 0 saturated carbocycles. The third kappa shape index (κ3) is 2.72. The topological polar surface area (TPSA) is 51.0 Å². The SMILES string of the molecule is CC1(C)CN(C(=O)Cn2cc(Br)cn2)C1c1cccnc1. The Bertz CT molecular complexity index is 653. The molecular weight excluding hydrogens is 332 g/mol. The van der Waals surface area contributed by atoms with Crippen LogP contribution in [0, 0.1) is 5.41 Å². The van der Waals surface area contributed by atoms with Crippen LogP contribution < -0.4 is 0 Å². The maximum atomic E-state index is 12.5. The minimum Gasteiger partial charge on any atom is -0.333 e. The van der Waals surface area contributed by atoms with Gasteiger partial charge in [0.2, 0.25) is 5.91 Å². The number of aromatic nitrogens is 3. The molecule has 5 nitrogen and oxygen atoms in total. The summed E-state index contributed by atoms with van der Waals surface area (Å²) < 4.78 is 2.53. The van der Waals surface area contributed by atoms with Crippen LogP contribution in [0.1, 0.15) is 25.5 Å². The van der Waals surface area contributed by atoms with Crippen LogP contribution in [0.25, 0.3) is 0 Å². The van der Waals surface area contributed by atoms with E-state index in [4.69, 9.17) is 0 Å². The Morgan fingerprint density at radius 1 is 1.48 bits per heavy atom. The van der Waals surface area contributed by atoms with Gasteiger partial charge in [0.15, 0.2) is 0 Å². The van der Waals surface area contributed by atoms with Crippen molar-refractivity contribution in [3.8, 4) is 0 Å². The first-order valence-electron chi connectivity index (χ1n) is 6.85. The lowest BCUT2D eigenvalue weighted by atomic mass is 9.72. The molecular formula is C15H17BrN4O. The Morgan fingerprint density at radius 3 is 2.86 bits per heavy atom. The van der Waals surface area contributed by atoms with Crippen molar-refractivity contribution in [2.24, 2.45) is 5.41 Å². The number of hydrogen-bond acceptors (Lipinski definition) is 3. The zero-order valence-electron chi connectivity index (χ0n) is 12.0. The largest absolute Gasteiger partial charge is 0.333 e. The third-order valence-corrected chi connectivity index (χ3v) is 4.26. The van der Waals surface area contributed by atoms with Gasteiger partial charge < -0.3 is 4.90 Å². The second-order valence-corrected chi connectivity index (χ2v) is 6.97. The lowest BCUT2D eigenvalue weighted by Crippen LogP contribution is -2.58. The van der Waals surface area contributed by atoms with Gasteiger partial charge in [0.05, 0.1) is 16.7 Å². The highest BCUT2D eigenvalue weighted by molar-refractivity contribution is 9.10. The minimum atomic E-state index is 0.0728. The summed E-state index contributed by atoms with van der Waals surface area (Å²) >= 11 is 3.34. The summed E-state index contributed by atoms with van der Waals surface area (Å²) in [7, 11) is 0. The lowest BCUT2D eigenvalue weighted by Gasteiger charge is -2.54. The number of hydrogen-bond donors (Lipinski definition) is 0. The predicted octanol–water partition coefficient (Wildman–Crippen LogP) is 2.65. The van der Waals surface area contributed by atoms with E-state index in [0.29, 0.717) is 0 Å². The van der Waals surface area contributed by atoms with Crippen molar-refractivity contribution < 1.29 is 4.79 Å². The van der Waals surface area contributed by atoms with E-state index >= 15 is 0 Å². The summed E-state index contributed by atoms with van der Waals surface area (Å²) in [5.74, 6) is 0.0822. The Kier molecular flexibility index (Phi) is 3.57. The zero-order valence-corrected chi connectivity index (χ0v) is 13.6. The summed E-state index contributed by atoms with van der Waals surface area (Å²) in [5, 5.41) is 4.14. The molecule has 1 amide bonds. The quantitative estimate of drug-likeness (QED) is 0.856. The van der Waals surface area contributed by atoms with Gasteiger partial charge in [-0.25, -0.2) is 0 Å². The summed E-state index contributed by atoms with van der Waals surface area (Å²) in [6.45, 7) is 5.38. The van der Waals surface area contributed by atoms with Crippen LogP contribution >= 0.6 is 15.9 Å². The highest BCUT2D eigenvalue weighted by Crippen LogP contribution is 2.48. The fourth-order valence-electron chi connectivity index (χ4n) is 2.98. The van der Waals surface area contributed by atoms with E-state index in [9.17, 15) is 4.79 Å². The fourth-order valence-corrected chi connectivity index (χ4v) is 3.31. The molecule has 0 N–H and O–H groups in total. The van der Waals surface area contributed by atoms with Gasteiger partial charge >= 0.3 is 0 Å². The van der Waals surface area contributed by atoms with Crippen molar-refractivity contribution >= 4 is 21.8 Å². The Morgan fingerprint density at radius 2 is 2.29 bits per heavy atom. The molecule has 1 aliphatic rings. The Hall–Kier alpha value is -1.69. The summed E-state index contributed by atoms with van der Waals surface area (Å²) in [6.07, 6.45) is 7.09. The molecule has 2 aromatic heterocycles. The normalized spacial score (nSPS) is 20.1. The zero-order chi connectivity index (χ0) is 15.0. The molecule has 1 saturated heterocycles. The van der Waals surface area contributed by atoms with Crippen LogP contribution in [0.2, 0.25) is 0 Å². The molecule has 1 aliphatic heterocycles. The average molecular weight is 349 g/mol. The number of carbonyl (C=O) groups is 1. The molecule has 0 bridgehead atoms. The standard InChI is InChI=1S/C15H17BrN4O/c1-15(2)10-20(14(15)11-4-3-5-17-6-11)13(21)9-19-8-12(16)7-18-19/h3-8,14H,9-10H2,1-2H3. The number of rotatable bonds is 3. The first kappa shape index (κ1) is 14.3. The second-order valence-electron chi connectivity index (χ2n) is 6.06. The first-order chi connectivity index (χ1) is 9.97. The number of likely N-dealkylation sites (tertiary alicyclic amines) is 1. The number of nitrogens with zero attached hydrogens (tertiary/aromatic N) is 4. The van der Waals surface area contributed by atoms with Crippen LogP contribution in [0.15, 0.2) is 41.4 Å². The molecule has 1 unspecified atom stereocenters. The van der Waals surface area contributed by atoms with Gasteiger partial charge in [0.25, 0.3) is 0 Å². The van der Waals surface area contributed by atoms with Gasteiger partial charge in [0, 0.05) is 30.6 Å². The molecule has 3 heterocycles. The maximum absolute atomic E-state index is 12.5. The van der Waals surface area contributed by atoms with E-state index in [2.05, 4.69) is 39.9 Å². The predicted molar refractivity (Wildman–Crippen MR) is 82.4 cm³/mol. The van der Waals surface area contributed by atoms with Crippen LogP contribution in [-0.2, 0) is 11.3 Å². The molecule has 0 radical (unpaired) electrons. The van der Waals surface area contributed by atoms with Crippen molar-refractivity contribution in [1.82, 2.24) is 19.7 Å². The average Bonchev–Trinajstić information content (AvgIpc) is 2.83. The molecule has 1 fully saturated rings. The molecule has 21 heavy (non-hydrogen) atoms. The molecule has 0 aromatic carbocycles. The van der Waals surface area contributed by atoms with E-state index < -0.39 is 0 Å². The van der Waals surface area contributed by atoms with Gasteiger partial charge in [-0.3, -0.25) is 14.5 Å². The van der Waals surface area contributed by atoms with Gasteiger partial charge in [-0.2, -0.15) is 5.10 Å². The maximum Gasteiger partial charge on any atom is 0.244 e. The Labute approximate surface area is 132 Å². The van der Waals surface area contributed by atoms with Crippen molar-refractivity contribution in [1.29, 1.82) is 0 Å². The van der Waals surface area contributed by atoms with Crippen LogP contribution in [0.4, 0.5) is 0 Å². The van der Waals surface area contributed by atoms with E-state index in [-0.39, 0.29) is 23.9 Å². The highest BCUT2D eigenvalue weighted by atomic mass is 79.9. The molecule has 2 aromatic rings. The molecule has 0 aliphatic carbocycles. The Balaban J connectivity index is 1.77. The van der Waals surface area contributed by atoms with Crippen molar-refractivity contribution in [3.05, 3.63) is 47.0 Å².